The molecule has 1 amide bonds. The molecule has 0 fully saturated rings. The molecule has 0 atom stereocenters. The van der Waals surface area contributed by atoms with Gasteiger partial charge in [-0.05, 0) is 39.3 Å². The molecule has 0 aliphatic rings. The number of nitrogens with zero attached hydrogens (tertiary/aromatic N) is 2. The summed E-state index contributed by atoms with van der Waals surface area (Å²) in [7, 11) is 0. The summed E-state index contributed by atoms with van der Waals surface area (Å²) in [6, 6.07) is 2.11. The zero-order valence-electron chi connectivity index (χ0n) is 12.3. The number of anilines is 1. The summed E-state index contributed by atoms with van der Waals surface area (Å²) in [6.45, 7) is 8.64. The number of aromatic nitrogens is 2. The predicted octanol–water partition coefficient (Wildman–Crippen LogP) is 2.08. The molecule has 0 saturated heterocycles. The summed E-state index contributed by atoms with van der Waals surface area (Å²) >= 11 is 1.72. The molecule has 0 aromatic carbocycles. The van der Waals surface area contributed by atoms with Crippen molar-refractivity contribution in [2.45, 2.75) is 40.8 Å². The van der Waals surface area contributed by atoms with Gasteiger partial charge in [0.15, 0.2) is 0 Å². The lowest BCUT2D eigenvalue weighted by atomic mass is 10.3. The molecule has 0 aliphatic heterocycles. The van der Waals surface area contributed by atoms with E-state index in [1.54, 1.807) is 16.0 Å². The zero-order valence-corrected chi connectivity index (χ0v) is 13.1. The number of nitrogens with two attached hydrogens (primary N) is 1. The van der Waals surface area contributed by atoms with E-state index in [0.29, 0.717) is 12.2 Å². The third kappa shape index (κ3) is 3.01. The van der Waals surface area contributed by atoms with Crippen LogP contribution >= 0.6 is 11.3 Å². The second-order valence-corrected chi connectivity index (χ2v) is 6.31. The van der Waals surface area contributed by atoms with Crippen LogP contribution in [-0.2, 0) is 17.9 Å². The number of hydrogen-bond acceptors (Lipinski definition) is 4. The van der Waals surface area contributed by atoms with Crippen LogP contribution in [0, 0.1) is 27.7 Å². The maximum absolute atomic E-state index is 11.9. The number of thiophene rings is 1. The number of nitrogens with one attached hydrogen (secondary N) is 1. The van der Waals surface area contributed by atoms with Gasteiger partial charge in [0.2, 0.25) is 5.91 Å². The van der Waals surface area contributed by atoms with Gasteiger partial charge in [0.05, 0.1) is 23.6 Å². The fourth-order valence-electron chi connectivity index (χ4n) is 1.98. The minimum Gasteiger partial charge on any atom is -0.396 e. The first-order valence-corrected chi connectivity index (χ1v) is 7.32. The smallest absolute Gasteiger partial charge is 0.242 e. The average molecular weight is 292 g/mol. The maximum Gasteiger partial charge on any atom is 0.242 e. The molecule has 0 spiro atoms. The van der Waals surface area contributed by atoms with Crippen LogP contribution in [0.3, 0.4) is 0 Å². The molecule has 108 valence electrons. The molecule has 0 unspecified atom stereocenters. The van der Waals surface area contributed by atoms with Crippen molar-refractivity contribution in [3.05, 3.63) is 32.8 Å². The van der Waals surface area contributed by atoms with Gasteiger partial charge in [0.1, 0.15) is 6.54 Å². The van der Waals surface area contributed by atoms with Gasteiger partial charge < -0.3 is 11.1 Å². The molecule has 3 N–H and O–H groups in total. The van der Waals surface area contributed by atoms with E-state index < -0.39 is 0 Å². The Bertz CT molecular complexity index is 622. The van der Waals surface area contributed by atoms with Gasteiger partial charge in [-0.2, -0.15) is 5.10 Å². The number of aryl methyl sites for hydroxylation is 3. The minimum absolute atomic E-state index is 0.0562. The van der Waals surface area contributed by atoms with Crippen molar-refractivity contribution in [3.63, 3.8) is 0 Å². The SMILES string of the molecule is Cc1cc(CNC(=O)Cn2nc(C)c(N)c2C)sc1C. The van der Waals surface area contributed by atoms with Crippen molar-refractivity contribution in [1.82, 2.24) is 15.1 Å². The highest BCUT2D eigenvalue weighted by molar-refractivity contribution is 7.12. The molecule has 2 aromatic rings. The number of hydrogen-bond donors (Lipinski definition) is 2. The first-order valence-electron chi connectivity index (χ1n) is 6.50. The lowest BCUT2D eigenvalue weighted by molar-refractivity contribution is -0.122. The van der Waals surface area contributed by atoms with Crippen LogP contribution in [0.1, 0.15) is 26.7 Å². The summed E-state index contributed by atoms with van der Waals surface area (Å²) in [5, 5.41) is 7.17. The Morgan fingerprint density at radius 3 is 2.60 bits per heavy atom. The van der Waals surface area contributed by atoms with Crippen LogP contribution in [-0.4, -0.2) is 15.7 Å². The van der Waals surface area contributed by atoms with Gasteiger partial charge in [-0.1, -0.05) is 0 Å². The molecule has 0 radical (unpaired) electrons. The third-order valence-electron chi connectivity index (χ3n) is 3.41. The Morgan fingerprint density at radius 1 is 1.40 bits per heavy atom. The van der Waals surface area contributed by atoms with E-state index in [0.717, 1.165) is 11.4 Å². The van der Waals surface area contributed by atoms with Crippen LogP contribution in [0.2, 0.25) is 0 Å². The van der Waals surface area contributed by atoms with Gasteiger partial charge in [0, 0.05) is 9.75 Å². The van der Waals surface area contributed by atoms with Crippen molar-refractivity contribution in [1.29, 1.82) is 0 Å². The summed E-state index contributed by atoms with van der Waals surface area (Å²) in [4.78, 5) is 14.4. The number of carbonyl (C=O) groups is 1. The van der Waals surface area contributed by atoms with Gasteiger partial charge in [-0.25, -0.2) is 0 Å². The van der Waals surface area contributed by atoms with Crippen molar-refractivity contribution < 1.29 is 4.79 Å². The highest BCUT2D eigenvalue weighted by Crippen LogP contribution is 2.20. The van der Waals surface area contributed by atoms with E-state index in [4.69, 9.17) is 5.73 Å². The minimum atomic E-state index is -0.0562. The first kappa shape index (κ1) is 14.6. The zero-order chi connectivity index (χ0) is 14.9. The number of carbonyl (C=O) groups excluding carboxylic acids is 1. The van der Waals surface area contributed by atoms with Crippen molar-refractivity contribution >= 4 is 22.9 Å². The van der Waals surface area contributed by atoms with Gasteiger partial charge in [-0.15, -0.1) is 11.3 Å². The number of nitrogen functional groups attached to an aromatic ring is 1. The monoisotopic (exact) mass is 292 g/mol. The Hall–Kier alpha value is -1.82. The van der Waals surface area contributed by atoms with Crippen LogP contribution in [0.15, 0.2) is 6.07 Å². The molecular formula is C14H20N4OS. The van der Waals surface area contributed by atoms with Crippen molar-refractivity contribution in [2.75, 3.05) is 5.73 Å². The van der Waals surface area contributed by atoms with Gasteiger partial charge >= 0.3 is 0 Å². The summed E-state index contributed by atoms with van der Waals surface area (Å²) < 4.78 is 1.64. The molecule has 0 aliphatic carbocycles. The highest BCUT2D eigenvalue weighted by Gasteiger charge is 2.11. The molecule has 2 rings (SSSR count). The normalized spacial score (nSPS) is 10.8. The number of rotatable bonds is 4. The average Bonchev–Trinajstić information content (AvgIpc) is 2.83. The van der Waals surface area contributed by atoms with E-state index in [2.05, 4.69) is 30.3 Å². The van der Waals surface area contributed by atoms with E-state index in [1.807, 2.05) is 13.8 Å². The van der Waals surface area contributed by atoms with E-state index in [-0.39, 0.29) is 12.5 Å². The van der Waals surface area contributed by atoms with Crippen LogP contribution in [0.5, 0.6) is 0 Å². The molecular weight excluding hydrogens is 272 g/mol. The molecule has 2 heterocycles. The molecule has 6 heteroatoms. The molecule has 5 nitrogen and oxygen atoms in total. The molecule has 0 bridgehead atoms. The fourth-order valence-corrected chi connectivity index (χ4v) is 2.97. The fraction of sp³-hybridized carbons (Fsp3) is 0.429. The quantitative estimate of drug-likeness (QED) is 0.906. The van der Waals surface area contributed by atoms with Crippen LogP contribution < -0.4 is 11.1 Å². The predicted molar refractivity (Wildman–Crippen MR) is 81.8 cm³/mol. The standard InChI is InChI=1S/C14H20N4OS/c1-8-5-12(20-11(8)4)6-16-13(19)7-18-10(3)14(15)9(2)17-18/h5H,6-7,15H2,1-4H3,(H,16,19). The molecule has 0 saturated carbocycles. The Kier molecular flexibility index (Phi) is 4.13. The van der Waals surface area contributed by atoms with E-state index in [1.165, 1.54) is 15.3 Å². The van der Waals surface area contributed by atoms with Crippen molar-refractivity contribution in [3.8, 4) is 0 Å². The van der Waals surface area contributed by atoms with Crippen LogP contribution in [0.4, 0.5) is 5.69 Å². The summed E-state index contributed by atoms with van der Waals surface area (Å²) in [6.07, 6.45) is 0. The largest absolute Gasteiger partial charge is 0.396 e. The maximum atomic E-state index is 11.9. The second kappa shape index (κ2) is 5.66. The summed E-state index contributed by atoms with van der Waals surface area (Å²) in [5.41, 5.74) is 9.37. The van der Waals surface area contributed by atoms with E-state index in [9.17, 15) is 4.79 Å². The Labute approximate surface area is 122 Å². The first-order chi connectivity index (χ1) is 9.38. The van der Waals surface area contributed by atoms with Crippen LogP contribution in [0.25, 0.3) is 0 Å². The van der Waals surface area contributed by atoms with Gasteiger partial charge in [-0.3, -0.25) is 9.48 Å². The lowest BCUT2D eigenvalue weighted by Gasteiger charge is -2.05. The van der Waals surface area contributed by atoms with E-state index >= 15 is 0 Å². The second-order valence-electron chi connectivity index (χ2n) is 4.97. The Morgan fingerprint density at radius 2 is 2.10 bits per heavy atom. The van der Waals surface area contributed by atoms with Gasteiger partial charge in [0.25, 0.3) is 0 Å². The third-order valence-corrected chi connectivity index (χ3v) is 4.56. The summed E-state index contributed by atoms with van der Waals surface area (Å²) in [5.74, 6) is -0.0562. The molecule has 20 heavy (non-hydrogen) atoms. The number of amides is 1. The van der Waals surface area contributed by atoms with Crippen molar-refractivity contribution in [2.24, 2.45) is 0 Å². The highest BCUT2D eigenvalue weighted by atomic mass is 32.1. The Balaban J connectivity index is 1.94. The lowest BCUT2D eigenvalue weighted by Crippen LogP contribution is -2.27. The molecule has 2 aromatic heterocycles. The topological polar surface area (TPSA) is 72.9 Å².